The molecule has 4 heterocycles. The minimum Gasteiger partial charge on any atom is -0.493 e. The third-order valence-electron chi connectivity index (χ3n) is 8.85. The number of carbonyl (C=O) groups is 3. The Hall–Kier alpha value is -3.59. The molecule has 0 aromatic heterocycles. The predicted octanol–water partition coefficient (Wildman–Crippen LogP) is 3.59. The first-order chi connectivity index (χ1) is 19.0. The van der Waals surface area contributed by atoms with Gasteiger partial charge in [-0.15, -0.1) is 0 Å². The van der Waals surface area contributed by atoms with Crippen LogP contribution >= 0.6 is 0 Å². The van der Waals surface area contributed by atoms with Gasteiger partial charge < -0.3 is 24.6 Å². The van der Waals surface area contributed by atoms with Crippen LogP contribution in [0.25, 0.3) is 0 Å². The maximum absolute atomic E-state index is 13.8. The Labute approximate surface area is 229 Å². The number of para-hydroxylation sites is 1. The first kappa shape index (κ1) is 25.7. The summed E-state index contributed by atoms with van der Waals surface area (Å²) in [6, 6.07) is 11.3. The van der Waals surface area contributed by atoms with Crippen molar-refractivity contribution in [2.24, 2.45) is 5.92 Å². The van der Waals surface area contributed by atoms with Crippen molar-refractivity contribution in [2.75, 3.05) is 45.3 Å². The Kier molecular flexibility index (Phi) is 6.93. The van der Waals surface area contributed by atoms with Crippen LogP contribution in [0.3, 0.4) is 0 Å². The van der Waals surface area contributed by atoms with E-state index in [9.17, 15) is 14.4 Å². The van der Waals surface area contributed by atoms with E-state index < -0.39 is 6.17 Å². The molecule has 0 radical (unpaired) electrons. The highest BCUT2D eigenvalue weighted by Gasteiger charge is 2.49. The molecule has 2 saturated heterocycles. The van der Waals surface area contributed by atoms with E-state index in [2.05, 4.69) is 10.2 Å². The monoisotopic (exact) mass is 532 g/mol. The van der Waals surface area contributed by atoms with Gasteiger partial charge in [-0.2, -0.15) is 0 Å². The van der Waals surface area contributed by atoms with Gasteiger partial charge in [0, 0.05) is 31.1 Å². The van der Waals surface area contributed by atoms with Crippen LogP contribution in [0.4, 0.5) is 5.69 Å². The fourth-order valence-corrected chi connectivity index (χ4v) is 7.02. The Morgan fingerprint density at radius 3 is 2.62 bits per heavy atom. The number of methoxy groups -OCH3 is 2. The molecule has 3 amide bonds. The highest BCUT2D eigenvalue weighted by atomic mass is 16.5. The Balaban J connectivity index is 1.22. The van der Waals surface area contributed by atoms with Crippen molar-refractivity contribution >= 4 is 23.4 Å². The normalized spacial score (nSPS) is 24.0. The van der Waals surface area contributed by atoms with Crippen molar-refractivity contribution < 1.29 is 23.9 Å². The number of amides is 3. The van der Waals surface area contributed by atoms with Crippen LogP contribution in [0.15, 0.2) is 36.4 Å². The zero-order valence-electron chi connectivity index (χ0n) is 22.7. The molecule has 0 aliphatic carbocycles. The summed E-state index contributed by atoms with van der Waals surface area (Å²) in [6.45, 7) is 3.21. The summed E-state index contributed by atoms with van der Waals surface area (Å²) in [6.07, 6.45) is 5.57. The van der Waals surface area contributed by atoms with Gasteiger partial charge in [-0.1, -0.05) is 24.6 Å². The molecule has 206 valence electrons. The number of ether oxygens (including phenoxy) is 2. The maximum atomic E-state index is 13.8. The third kappa shape index (κ3) is 4.33. The fraction of sp³-hybridized carbons (Fsp3) is 0.500. The van der Waals surface area contributed by atoms with Gasteiger partial charge in [-0.05, 0) is 62.9 Å². The van der Waals surface area contributed by atoms with E-state index >= 15 is 0 Å². The van der Waals surface area contributed by atoms with Gasteiger partial charge >= 0.3 is 0 Å². The summed E-state index contributed by atoms with van der Waals surface area (Å²) >= 11 is 0. The van der Waals surface area contributed by atoms with Gasteiger partial charge in [0.25, 0.3) is 11.8 Å². The second kappa shape index (κ2) is 10.5. The molecule has 6 rings (SSSR count). The lowest BCUT2D eigenvalue weighted by Crippen LogP contribution is -2.51. The molecule has 4 aliphatic rings. The number of rotatable bonds is 7. The van der Waals surface area contributed by atoms with Crippen LogP contribution in [0.2, 0.25) is 0 Å². The molecule has 0 saturated carbocycles. The van der Waals surface area contributed by atoms with E-state index in [1.54, 1.807) is 34.1 Å². The molecule has 0 unspecified atom stereocenters. The molecule has 2 aromatic rings. The largest absolute Gasteiger partial charge is 0.493 e. The van der Waals surface area contributed by atoms with Crippen molar-refractivity contribution in [3.8, 4) is 11.5 Å². The molecule has 0 spiro atoms. The van der Waals surface area contributed by atoms with Gasteiger partial charge in [-0.25, -0.2) is 0 Å². The first-order valence-corrected chi connectivity index (χ1v) is 14.0. The second-order valence-corrected chi connectivity index (χ2v) is 10.9. The summed E-state index contributed by atoms with van der Waals surface area (Å²) in [4.78, 5) is 46.4. The molecule has 2 fully saturated rings. The number of anilines is 1. The zero-order chi connectivity index (χ0) is 27.1. The quantitative estimate of drug-likeness (QED) is 0.586. The summed E-state index contributed by atoms with van der Waals surface area (Å²) < 4.78 is 11.0. The average molecular weight is 533 g/mol. The lowest BCUT2D eigenvalue weighted by molar-refractivity contribution is -0.121. The molecule has 9 nitrogen and oxygen atoms in total. The molecule has 9 heteroatoms. The summed E-state index contributed by atoms with van der Waals surface area (Å²) in [5.41, 5.74) is 2.06. The van der Waals surface area contributed by atoms with Crippen LogP contribution in [0.1, 0.15) is 71.0 Å². The molecule has 0 bridgehead atoms. The van der Waals surface area contributed by atoms with Crippen LogP contribution < -0.4 is 19.7 Å². The fourth-order valence-electron chi connectivity index (χ4n) is 7.02. The van der Waals surface area contributed by atoms with E-state index in [1.165, 1.54) is 53.0 Å². The lowest BCUT2D eigenvalue weighted by atomic mass is 9.83. The number of hydrogen-bond donors (Lipinski definition) is 1. The van der Waals surface area contributed by atoms with Gasteiger partial charge in [0.1, 0.15) is 6.17 Å². The second-order valence-electron chi connectivity index (χ2n) is 10.9. The molecule has 2 aromatic carbocycles. The topological polar surface area (TPSA) is 91.4 Å². The first-order valence-electron chi connectivity index (χ1n) is 14.0. The van der Waals surface area contributed by atoms with Crippen LogP contribution in [0, 0.1) is 5.92 Å². The minimum absolute atomic E-state index is 0.0713. The molecule has 1 N–H and O–H groups in total. The van der Waals surface area contributed by atoms with E-state index in [1.807, 2.05) is 12.1 Å². The number of piperidine rings is 2. The number of fused-ring (bicyclic) bond motifs is 6. The predicted molar refractivity (Wildman–Crippen MR) is 146 cm³/mol. The van der Waals surface area contributed by atoms with Crippen molar-refractivity contribution in [1.29, 1.82) is 0 Å². The maximum Gasteiger partial charge on any atom is 0.264 e. The minimum atomic E-state index is -0.656. The smallest absolute Gasteiger partial charge is 0.264 e. The Bertz CT molecular complexity index is 1290. The highest BCUT2D eigenvalue weighted by molar-refractivity contribution is 6.18. The lowest BCUT2D eigenvalue weighted by Gasteiger charge is -2.44. The number of nitrogens with zero attached hydrogens (tertiary/aromatic N) is 3. The Morgan fingerprint density at radius 1 is 0.974 bits per heavy atom. The van der Waals surface area contributed by atoms with E-state index in [-0.39, 0.29) is 30.7 Å². The van der Waals surface area contributed by atoms with Gasteiger partial charge in [0.15, 0.2) is 11.5 Å². The van der Waals surface area contributed by atoms with Gasteiger partial charge in [-0.3, -0.25) is 19.3 Å². The van der Waals surface area contributed by atoms with Crippen molar-refractivity contribution in [3.05, 3.63) is 53.1 Å². The SMILES string of the molecule is COc1ccc2c(c1OC)C(=O)N1c3ccccc3C(=O)N(CCC(=O)NC[C@@H]3CCCN4CCCC[C@H]34)[C@H]21. The zero-order valence-corrected chi connectivity index (χ0v) is 22.7. The van der Waals surface area contributed by atoms with Crippen molar-refractivity contribution in [3.63, 3.8) is 0 Å². The molecular weight excluding hydrogens is 496 g/mol. The standard InChI is InChI=1S/C30H36N4O5/c1-38-24-13-12-21-26(27(24)39-2)30(37)34-23-11-4-3-9-20(23)29(36)33(28(21)34)17-14-25(35)31-18-19-8-7-16-32-15-6-5-10-22(19)32/h3-4,9,11-13,19,22,28H,5-8,10,14-18H2,1-2H3,(H,31,35)/t19-,22+,28-/m0/s1. The number of benzene rings is 2. The number of hydrogen-bond acceptors (Lipinski definition) is 6. The summed E-state index contributed by atoms with van der Waals surface area (Å²) in [7, 11) is 3.03. The van der Waals surface area contributed by atoms with Gasteiger partial charge in [0.05, 0.1) is 31.0 Å². The Morgan fingerprint density at radius 2 is 1.79 bits per heavy atom. The third-order valence-corrected chi connectivity index (χ3v) is 8.85. The van der Waals surface area contributed by atoms with Crippen LogP contribution in [-0.4, -0.2) is 74.0 Å². The molecular formula is C30H36N4O5. The highest BCUT2D eigenvalue weighted by Crippen LogP contribution is 2.49. The van der Waals surface area contributed by atoms with E-state index in [0.29, 0.717) is 52.4 Å². The number of carbonyl (C=O) groups excluding carboxylic acids is 3. The molecule has 39 heavy (non-hydrogen) atoms. The van der Waals surface area contributed by atoms with E-state index in [0.717, 1.165) is 6.42 Å². The summed E-state index contributed by atoms with van der Waals surface area (Å²) in [5.74, 6) is 0.756. The summed E-state index contributed by atoms with van der Waals surface area (Å²) in [5, 5.41) is 3.16. The van der Waals surface area contributed by atoms with Crippen molar-refractivity contribution in [2.45, 2.75) is 50.7 Å². The average Bonchev–Trinajstić information content (AvgIpc) is 3.27. The van der Waals surface area contributed by atoms with Gasteiger partial charge in [0.2, 0.25) is 5.91 Å². The van der Waals surface area contributed by atoms with Crippen LogP contribution in [0.5, 0.6) is 11.5 Å². The number of nitrogens with one attached hydrogen (secondary N) is 1. The van der Waals surface area contributed by atoms with Crippen LogP contribution in [-0.2, 0) is 4.79 Å². The molecule has 4 aliphatic heterocycles. The van der Waals surface area contributed by atoms with Crippen molar-refractivity contribution in [1.82, 2.24) is 15.1 Å². The van der Waals surface area contributed by atoms with E-state index in [4.69, 9.17) is 9.47 Å². The molecule has 3 atom stereocenters.